The summed E-state index contributed by atoms with van der Waals surface area (Å²) >= 11 is 5.91. The predicted molar refractivity (Wildman–Crippen MR) is 115 cm³/mol. The summed E-state index contributed by atoms with van der Waals surface area (Å²) in [6, 6.07) is 17.3. The Morgan fingerprint density at radius 1 is 1.10 bits per heavy atom. The van der Waals surface area contributed by atoms with Gasteiger partial charge in [0.15, 0.2) is 0 Å². The first kappa shape index (κ1) is 19.3. The number of rotatable bonds is 6. The van der Waals surface area contributed by atoms with Gasteiger partial charge in [0.25, 0.3) is 0 Å². The third kappa shape index (κ3) is 4.07. The number of nitrogens with one attached hydrogen (secondary N) is 1. The second-order valence-corrected chi connectivity index (χ2v) is 7.61. The molecule has 3 aromatic rings. The first-order chi connectivity index (χ1) is 14.0. The van der Waals surface area contributed by atoms with Crippen LogP contribution in [0.25, 0.3) is 10.9 Å². The molecular formula is C22H23ClN4O2. The van der Waals surface area contributed by atoms with Gasteiger partial charge in [-0.05, 0) is 48.7 Å². The minimum Gasteiger partial charge on any atom is -0.353 e. The summed E-state index contributed by atoms with van der Waals surface area (Å²) in [5.41, 5.74) is 3.11. The number of para-hydroxylation sites is 1. The molecular weight excluding hydrogens is 388 g/mol. The maximum Gasteiger partial charge on any atom is 0.325 e. The Morgan fingerprint density at radius 2 is 1.86 bits per heavy atom. The maximum absolute atomic E-state index is 12.6. The van der Waals surface area contributed by atoms with Gasteiger partial charge in [0, 0.05) is 48.1 Å². The van der Waals surface area contributed by atoms with Crippen molar-refractivity contribution in [2.24, 2.45) is 0 Å². The van der Waals surface area contributed by atoms with Crippen LogP contribution in [0.4, 0.5) is 10.5 Å². The molecule has 29 heavy (non-hydrogen) atoms. The Bertz CT molecular complexity index is 1040. The van der Waals surface area contributed by atoms with Crippen molar-refractivity contribution in [2.45, 2.75) is 13.5 Å². The van der Waals surface area contributed by atoms with Crippen LogP contribution in [-0.2, 0) is 11.3 Å². The van der Waals surface area contributed by atoms with E-state index in [4.69, 9.17) is 11.6 Å². The molecule has 1 fully saturated rings. The number of aromatic nitrogens is 1. The molecule has 0 radical (unpaired) electrons. The number of hydrogen-bond donors (Lipinski definition) is 1. The van der Waals surface area contributed by atoms with Gasteiger partial charge in [-0.25, -0.2) is 4.79 Å². The Kier molecular flexibility index (Phi) is 5.45. The van der Waals surface area contributed by atoms with E-state index in [0.717, 1.165) is 16.9 Å². The standard InChI is InChI=1S/C22H23ClN4O2/c1-16-14-17-4-2-3-5-20(17)26(16)11-10-24-21(28)15-25-12-13-27(22(25)29)19-8-6-18(23)7-9-19/h2-9,14H,10-13,15H2,1H3,(H,24,28). The van der Waals surface area contributed by atoms with Gasteiger partial charge < -0.3 is 14.8 Å². The minimum atomic E-state index is -0.158. The van der Waals surface area contributed by atoms with Gasteiger partial charge in [-0.15, -0.1) is 0 Å². The van der Waals surface area contributed by atoms with Crippen LogP contribution in [0, 0.1) is 6.92 Å². The quantitative estimate of drug-likeness (QED) is 0.674. The van der Waals surface area contributed by atoms with E-state index >= 15 is 0 Å². The Balaban J connectivity index is 1.30. The molecule has 3 amide bonds. The molecule has 1 N–H and O–H groups in total. The van der Waals surface area contributed by atoms with Crippen molar-refractivity contribution in [3.05, 3.63) is 65.3 Å². The molecule has 0 bridgehead atoms. The third-order valence-electron chi connectivity index (χ3n) is 5.24. The summed E-state index contributed by atoms with van der Waals surface area (Å²) in [5, 5.41) is 4.76. The normalized spacial score (nSPS) is 14.1. The highest BCUT2D eigenvalue weighted by Crippen LogP contribution is 2.22. The molecule has 1 aromatic heterocycles. The molecule has 6 nitrogen and oxygen atoms in total. The highest BCUT2D eigenvalue weighted by Gasteiger charge is 2.30. The van der Waals surface area contributed by atoms with Crippen LogP contribution in [0.2, 0.25) is 5.02 Å². The molecule has 4 rings (SSSR count). The summed E-state index contributed by atoms with van der Waals surface area (Å²) in [6.45, 7) is 4.42. The number of benzene rings is 2. The summed E-state index contributed by atoms with van der Waals surface area (Å²) in [5.74, 6) is -0.148. The average molecular weight is 411 g/mol. The monoisotopic (exact) mass is 410 g/mol. The van der Waals surface area contributed by atoms with E-state index in [-0.39, 0.29) is 18.5 Å². The van der Waals surface area contributed by atoms with Crippen molar-refractivity contribution >= 4 is 40.1 Å². The highest BCUT2D eigenvalue weighted by molar-refractivity contribution is 6.30. The van der Waals surface area contributed by atoms with Gasteiger partial charge in [-0.2, -0.15) is 0 Å². The van der Waals surface area contributed by atoms with Crippen LogP contribution in [0.5, 0.6) is 0 Å². The molecule has 7 heteroatoms. The second-order valence-electron chi connectivity index (χ2n) is 7.18. The first-order valence-electron chi connectivity index (χ1n) is 9.66. The topological polar surface area (TPSA) is 57.6 Å². The largest absolute Gasteiger partial charge is 0.353 e. The fourth-order valence-electron chi connectivity index (χ4n) is 3.77. The molecule has 1 aliphatic heterocycles. The lowest BCUT2D eigenvalue weighted by molar-refractivity contribution is -0.121. The Hall–Kier alpha value is -2.99. The van der Waals surface area contributed by atoms with Gasteiger partial charge in [0.05, 0.1) is 0 Å². The van der Waals surface area contributed by atoms with Crippen LogP contribution in [0.1, 0.15) is 5.69 Å². The fourth-order valence-corrected chi connectivity index (χ4v) is 3.90. The second kappa shape index (κ2) is 8.17. The average Bonchev–Trinajstić information content (AvgIpc) is 3.22. The maximum atomic E-state index is 12.6. The van der Waals surface area contributed by atoms with E-state index in [1.165, 1.54) is 5.39 Å². The Labute approximate surface area is 174 Å². The van der Waals surface area contributed by atoms with E-state index in [2.05, 4.69) is 35.0 Å². The summed E-state index contributed by atoms with van der Waals surface area (Å²) in [7, 11) is 0. The number of carbonyl (C=O) groups excluding carboxylic acids is 2. The summed E-state index contributed by atoms with van der Waals surface area (Å²) in [4.78, 5) is 28.2. The van der Waals surface area contributed by atoms with Crippen molar-refractivity contribution in [3.63, 3.8) is 0 Å². The van der Waals surface area contributed by atoms with Gasteiger partial charge in [-0.3, -0.25) is 9.69 Å². The number of carbonyl (C=O) groups is 2. The predicted octanol–water partition coefficient (Wildman–Crippen LogP) is 3.66. The lowest BCUT2D eigenvalue weighted by Gasteiger charge is -2.18. The van der Waals surface area contributed by atoms with Crippen LogP contribution >= 0.6 is 11.6 Å². The number of amides is 3. The lowest BCUT2D eigenvalue weighted by Crippen LogP contribution is -2.40. The van der Waals surface area contributed by atoms with Crippen molar-refractivity contribution in [2.75, 3.05) is 31.1 Å². The van der Waals surface area contributed by atoms with Crippen molar-refractivity contribution < 1.29 is 9.59 Å². The molecule has 1 aliphatic rings. The van der Waals surface area contributed by atoms with E-state index < -0.39 is 0 Å². The SMILES string of the molecule is Cc1cc2ccccc2n1CCNC(=O)CN1CCN(c2ccc(Cl)cc2)C1=O. The molecule has 0 unspecified atom stereocenters. The van der Waals surface area contributed by atoms with Crippen LogP contribution < -0.4 is 10.2 Å². The third-order valence-corrected chi connectivity index (χ3v) is 5.49. The zero-order valence-corrected chi connectivity index (χ0v) is 17.0. The van der Waals surface area contributed by atoms with Gasteiger partial charge in [0.2, 0.25) is 5.91 Å². The minimum absolute atomic E-state index is 0.0638. The fraction of sp³-hybridized carbons (Fsp3) is 0.273. The molecule has 0 aliphatic carbocycles. The Morgan fingerprint density at radius 3 is 2.66 bits per heavy atom. The zero-order valence-electron chi connectivity index (χ0n) is 16.3. The molecule has 1 saturated heterocycles. The number of hydrogen-bond acceptors (Lipinski definition) is 2. The first-order valence-corrected chi connectivity index (χ1v) is 10.0. The number of halogens is 1. The van der Waals surface area contributed by atoms with E-state index in [1.807, 2.05) is 24.3 Å². The number of anilines is 1. The van der Waals surface area contributed by atoms with E-state index in [1.54, 1.807) is 21.9 Å². The van der Waals surface area contributed by atoms with Crippen LogP contribution in [0.3, 0.4) is 0 Å². The van der Waals surface area contributed by atoms with Crippen LogP contribution in [-0.4, -0.2) is 47.6 Å². The van der Waals surface area contributed by atoms with E-state index in [0.29, 0.717) is 31.2 Å². The van der Waals surface area contributed by atoms with E-state index in [9.17, 15) is 9.59 Å². The van der Waals surface area contributed by atoms with Gasteiger partial charge >= 0.3 is 6.03 Å². The summed E-state index contributed by atoms with van der Waals surface area (Å²) < 4.78 is 2.19. The molecule has 2 aromatic carbocycles. The van der Waals surface area contributed by atoms with Crippen molar-refractivity contribution in [1.29, 1.82) is 0 Å². The van der Waals surface area contributed by atoms with Crippen molar-refractivity contribution in [1.82, 2.24) is 14.8 Å². The molecule has 0 saturated carbocycles. The van der Waals surface area contributed by atoms with Gasteiger partial charge in [-0.1, -0.05) is 29.8 Å². The summed E-state index contributed by atoms with van der Waals surface area (Å²) in [6.07, 6.45) is 0. The number of fused-ring (bicyclic) bond motifs is 1. The molecule has 0 spiro atoms. The number of urea groups is 1. The van der Waals surface area contributed by atoms with Crippen molar-refractivity contribution in [3.8, 4) is 0 Å². The number of aryl methyl sites for hydroxylation is 1. The number of nitrogens with zero attached hydrogens (tertiary/aromatic N) is 3. The lowest BCUT2D eigenvalue weighted by atomic mass is 10.2. The molecule has 150 valence electrons. The highest BCUT2D eigenvalue weighted by atomic mass is 35.5. The zero-order chi connectivity index (χ0) is 20.4. The molecule has 0 atom stereocenters. The smallest absolute Gasteiger partial charge is 0.325 e. The molecule has 2 heterocycles. The van der Waals surface area contributed by atoms with Crippen LogP contribution in [0.15, 0.2) is 54.6 Å². The van der Waals surface area contributed by atoms with Gasteiger partial charge in [0.1, 0.15) is 6.54 Å².